The minimum Gasteiger partial charge on any atom is -0.394 e. The number of rotatable bonds is 8. The zero-order valence-corrected chi connectivity index (χ0v) is 18.1. The minimum absolute atomic E-state index is 0.167. The van der Waals surface area contributed by atoms with E-state index < -0.39 is 16.1 Å². The summed E-state index contributed by atoms with van der Waals surface area (Å²) in [4.78, 5) is 12.5. The van der Waals surface area contributed by atoms with E-state index in [2.05, 4.69) is 15.4 Å². The maximum atomic E-state index is 12.3. The Labute approximate surface area is 178 Å². The first-order valence-corrected chi connectivity index (χ1v) is 12.3. The summed E-state index contributed by atoms with van der Waals surface area (Å²) in [5, 5.41) is 15.7. The van der Waals surface area contributed by atoms with E-state index in [9.17, 15) is 18.3 Å². The van der Waals surface area contributed by atoms with E-state index in [4.69, 9.17) is 4.74 Å². The van der Waals surface area contributed by atoms with Crippen molar-refractivity contribution in [2.75, 3.05) is 13.2 Å². The molecule has 0 radical (unpaired) electrons. The molecule has 8 nitrogen and oxygen atoms in total. The molecule has 3 rings (SSSR count). The number of aliphatic hydroxyl groups is 1. The lowest BCUT2D eigenvalue weighted by atomic mass is 9.95. The highest BCUT2D eigenvalue weighted by Gasteiger charge is 2.32. The molecule has 0 unspecified atom stereocenters. The SMILES string of the molecule is O=C(NC1CCCCC1)N[C@H]1CC[C@H](CCNS(=O)(=O)c2ccccc2)O[C@@H]1CO. The standard InChI is InChI=1S/C21H33N3O5S/c25-15-20-19(24-21(26)23-16-7-3-1-4-8-16)12-11-17(29-20)13-14-22-30(27,28)18-9-5-2-6-10-18/h2,5-6,9-10,16-17,19-20,22,25H,1,3-4,7-8,11-15H2,(H2,23,24,26)/t17-,19+,20-/m1/s1. The van der Waals surface area contributed by atoms with Gasteiger partial charge in [0.1, 0.15) is 6.10 Å². The van der Waals surface area contributed by atoms with Crippen LogP contribution in [0.2, 0.25) is 0 Å². The predicted octanol–water partition coefficient (Wildman–Crippen LogP) is 1.90. The number of ether oxygens (including phenoxy) is 1. The number of hydrogen-bond acceptors (Lipinski definition) is 5. The molecule has 0 bridgehead atoms. The summed E-state index contributed by atoms with van der Waals surface area (Å²) < 4.78 is 33.1. The van der Waals surface area contributed by atoms with E-state index in [1.54, 1.807) is 30.3 Å². The Balaban J connectivity index is 1.42. The van der Waals surface area contributed by atoms with E-state index in [0.29, 0.717) is 19.3 Å². The average molecular weight is 440 g/mol. The highest BCUT2D eigenvalue weighted by molar-refractivity contribution is 7.89. The van der Waals surface area contributed by atoms with Crippen LogP contribution in [0.25, 0.3) is 0 Å². The van der Waals surface area contributed by atoms with E-state index in [-0.39, 0.29) is 42.3 Å². The summed E-state index contributed by atoms with van der Waals surface area (Å²) in [7, 11) is -3.54. The molecule has 2 aliphatic rings. The molecule has 1 aliphatic heterocycles. The van der Waals surface area contributed by atoms with Gasteiger partial charge in [-0.2, -0.15) is 0 Å². The zero-order valence-electron chi connectivity index (χ0n) is 17.3. The van der Waals surface area contributed by atoms with Crippen LogP contribution >= 0.6 is 0 Å². The van der Waals surface area contributed by atoms with Gasteiger partial charge in [-0.05, 0) is 44.2 Å². The molecule has 1 saturated heterocycles. The summed E-state index contributed by atoms with van der Waals surface area (Å²) in [6, 6.07) is 8.00. The Kier molecular flexibility index (Phi) is 8.50. The average Bonchev–Trinajstić information content (AvgIpc) is 2.76. The Morgan fingerprint density at radius 3 is 2.47 bits per heavy atom. The maximum absolute atomic E-state index is 12.3. The molecular weight excluding hydrogens is 406 g/mol. The first kappa shape index (κ1) is 23.0. The number of hydrogen-bond donors (Lipinski definition) is 4. The Morgan fingerprint density at radius 1 is 1.03 bits per heavy atom. The van der Waals surface area contributed by atoms with Crippen LogP contribution in [0.1, 0.15) is 51.4 Å². The van der Waals surface area contributed by atoms with Gasteiger partial charge in [-0.3, -0.25) is 0 Å². The van der Waals surface area contributed by atoms with Crippen molar-refractivity contribution in [3.63, 3.8) is 0 Å². The number of urea groups is 1. The smallest absolute Gasteiger partial charge is 0.315 e. The topological polar surface area (TPSA) is 117 Å². The fourth-order valence-corrected chi connectivity index (χ4v) is 5.26. The largest absolute Gasteiger partial charge is 0.394 e. The van der Waals surface area contributed by atoms with Gasteiger partial charge in [-0.15, -0.1) is 0 Å². The molecule has 9 heteroatoms. The molecule has 30 heavy (non-hydrogen) atoms. The van der Waals surface area contributed by atoms with E-state index >= 15 is 0 Å². The quantitative estimate of drug-likeness (QED) is 0.494. The van der Waals surface area contributed by atoms with Crippen LogP contribution in [-0.4, -0.2) is 57.0 Å². The van der Waals surface area contributed by atoms with Gasteiger partial charge in [0.15, 0.2) is 0 Å². The molecule has 1 heterocycles. The molecule has 3 atom stereocenters. The number of carbonyl (C=O) groups excluding carboxylic acids is 1. The van der Waals surface area contributed by atoms with E-state index in [1.807, 2.05) is 0 Å². The fourth-order valence-electron chi connectivity index (χ4n) is 4.19. The number of amides is 2. The first-order valence-electron chi connectivity index (χ1n) is 10.9. The van der Waals surface area contributed by atoms with Gasteiger partial charge in [0.2, 0.25) is 10.0 Å². The molecule has 0 spiro atoms. The molecule has 2 fully saturated rings. The van der Waals surface area contributed by atoms with Gasteiger partial charge >= 0.3 is 6.03 Å². The van der Waals surface area contributed by atoms with Crippen LogP contribution in [-0.2, 0) is 14.8 Å². The van der Waals surface area contributed by atoms with Gasteiger partial charge < -0.3 is 20.5 Å². The van der Waals surface area contributed by atoms with Crippen molar-refractivity contribution >= 4 is 16.1 Å². The molecule has 1 aromatic rings. The fraction of sp³-hybridized carbons (Fsp3) is 0.667. The number of sulfonamides is 1. The van der Waals surface area contributed by atoms with Gasteiger partial charge in [0, 0.05) is 12.6 Å². The highest BCUT2D eigenvalue weighted by atomic mass is 32.2. The van der Waals surface area contributed by atoms with E-state index in [1.165, 1.54) is 6.42 Å². The monoisotopic (exact) mass is 439 g/mol. The number of nitrogens with one attached hydrogen (secondary N) is 3. The predicted molar refractivity (Wildman–Crippen MR) is 114 cm³/mol. The summed E-state index contributed by atoms with van der Waals surface area (Å²) in [6.07, 6.45) is 6.76. The molecular formula is C21H33N3O5S. The van der Waals surface area contributed by atoms with Crippen molar-refractivity contribution in [2.24, 2.45) is 0 Å². The summed E-state index contributed by atoms with van der Waals surface area (Å²) >= 11 is 0. The second kappa shape index (κ2) is 11.1. The van der Waals surface area contributed by atoms with Gasteiger partial charge in [0.25, 0.3) is 0 Å². The number of carbonyl (C=O) groups is 1. The highest BCUT2D eigenvalue weighted by Crippen LogP contribution is 2.22. The van der Waals surface area contributed by atoms with Crippen molar-refractivity contribution in [3.05, 3.63) is 30.3 Å². The third kappa shape index (κ3) is 6.66. The number of benzene rings is 1. The third-order valence-corrected chi connectivity index (χ3v) is 7.34. The molecule has 1 aromatic carbocycles. The maximum Gasteiger partial charge on any atom is 0.315 e. The van der Waals surface area contributed by atoms with Gasteiger partial charge in [0.05, 0.1) is 23.6 Å². The molecule has 1 saturated carbocycles. The van der Waals surface area contributed by atoms with E-state index in [0.717, 1.165) is 25.7 Å². The zero-order chi connectivity index (χ0) is 21.4. The molecule has 168 valence electrons. The molecule has 4 N–H and O–H groups in total. The third-order valence-electron chi connectivity index (χ3n) is 5.86. The van der Waals surface area contributed by atoms with Crippen LogP contribution < -0.4 is 15.4 Å². The van der Waals surface area contributed by atoms with Crippen LogP contribution in [0.3, 0.4) is 0 Å². The molecule has 0 aromatic heterocycles. The van der Waals surface area contributed by atoms with Crippen molar-refractivity contribution in [1.82, 2.24) is 15.4 Å². The van der Waals surface area contributed by atoms with Gasteiger partial charge in [-0.1, -0.05) is 37.5 Å². The van der Waals surface area contributed by atoms with Crippen molar-refractivity contribution < 1.29 is 23.1 Å². The Bertz CT molecular complexity index is 768. The normalized spacial score (nSPS) is 25.6. The van der Waals surface area contributed by atoms with Crippen LogP contribution in [0.4, 0.5) is 4.79 Å². The van der Waals surface area contributed by atoms with Gasteiger partial charge in [-0.25, -0.2) is 17.9 Å². The van der Waals surface area contributed by atoms with Crippen molar-refractivity contribution in [1.29, 1.82) is 0 Å². The summed E-state index contributed by atoms with van der Waals surface area (Å²) in [6.45, 7) is 0.0565. The van der Waals surface area contributed by atoms with Crippen molar-refractivity contribution in [2.45, 2.75) is 80.6 Å². The van der Waals surface area contributed by atoms with Crippen LogP contribution in [0.15, 0.2) is 35.2 Å². The second-order valence-electron chi connectivity index (χ2n) is 8.12. The van der Waals surface area contributed by atoms with Crippen molar-refractivity contribution in [3.8, 4) is 0 Å². The minimum atomic E-state index is -3.54. The molecule has 2 amide bonds. The number of aliphatic hydroxyl groups excluding tert-OH is 1. The molecule has 1 aliphatic carbocycles. The summed E-state index contributed by atoms with van der Waals surface area (Å²) in [5.74, 6) is 0. The Hall–Kier alpha value is -1.68. The summed E-state index contributed by atoms with van der Waals surface area (Å²) in [5.41, 5.74) is 0. The lowest BCUT2D eigenvalue weighted by Crippen LogP contribution is -2.55. The van der Waals surface area contributed by atoms with Crippen LogP contribution in [0, 0.1) is 0 Å². The lowest BCUT2D eigenvalue weighted by molar-refractivity contribution is -0.0887. The van der Waals surface area contributed by atoms with Crippen LogP contribution in [0.5, 0.6) is 0 Å². The second-order valence-corrected chi connectivity index (χ2v) is 9.88. The Morgan fingerprint density at radius 2 is 1.77 bits per heavy atom. The lowest BCUT2D eigenvalue weighted by Gasteiger charge is -2.36. The first-order chi connectivity index (χ1) is 14.5.